The second-order valence-electron chi connectivity index (χ2n) is 3.15. The summed E-state index contributed by atoms with van der Waals surface area (Å²) in [6.45, 7) is -0.914. The maximum absolute atomic E-state index is 10.6. The highest BCUT2D eigenvalue weighted by Gasteiger charge is 2.14. The van der Waals surface area contributed by atoms with Crippen molar-refractivity contribution in [2.24, 2.45) is 0 Å². The van der Waals surface area contributed by atoms with E-state index in [4.69, 9.17) is 15.5 Å². The first kappa shape index (κ1) is 12.4. The lowest BCUT2D eigenvalue weighted by atomic mass is 10.3. The SMILES string of the molecule is N#Cc1cc(N(CC(=O)O)CC(=O)O)ccn1. The highest BCUT2D eigenvalue weighted by atomic mass is 16.4. The minimum absolute atomic E-state index is 0.100. The molecule has 0 bridgehead atoms. The number of hydrogen-bond donors (Lipinski definition) is 2. The first-order valence-corrected chi connectivity index (χ1v) is 4.57. The molecule has 7 heteroatoms. The standard InChI is InChI=1S/C10H9N3O4/c11-4-7-3-8(1-2-12-7)13(5-9(14)15)6-10(16)17/h1-3H,5-6H2,(H,14,15)(H,16,17). The normalized spacial score (nSPS) is 9.35. The van der Waals surface area contributed by atoms with Crippen LogP contribution in [0.15, 0.2) is 18.3 Å². The molecule has 0 saturated carbocycles. The molecule has 1 aromatic heterocycles. The second-order valence-corrected chi connectivity index (χ2v) is 3.15. The summed E-state index contributed by atoms with van der Waals surface area (Å²) in [5.74, 6) is -2.30. The summed E-state index contributed by atoms with van der Waals surface area (Å²) in [5.41, 5.74) is 0.435. The fourth-order valence-electron chi connectivity index (χ4n) is 1.24. The van der Waals surface area contributed by atoms with E-state index in [2.05, 4.69) is 4.98 Å². The largest absolute Gasteiger partial charge is 0.480 e. The molecule has 0 fully saturated rings. The number of carboxylic acid groups (broad SMARTS) is 2. The van der Waals surface area contributed by atoms with Gasteiger partial charge in [0.25, 0.3) is 0 Å². The van der Waals surface area contributed by atoms with E-state index >= 15 is 0 Å². The van der Waals surface area contributed by atoms with Crippen molar-refractivity contribution in [1.82, 2.24) is 4.98 Å². The van der Waals surface area contributed by atoms with Crippen LogP contribution in [0.4, 0.5) is 5.69 Å². The van der Waals surface area contributed by atoms with Gasteiger partial charge < -0.3 is 15.1 Å². The maximum Gasteiger partial charge on any atom is 0.323 e. The van der Waals surface area contributed by atoms with Crippen LogP contribution in [0.25, 0.3) is 0 Å². The summed E-state index contributed by atoms with van der Waals surface area (Å²) in [4.78, 5) is 26.1. The molecule has 1 rings (SSSR count). The van der Waals surface area contributed by atoms with Gasteiger partial charge in [-0.2, -0.15) is 5.26 Å². The number of anilines is 1. The van der Waals surface area contributed by atoms with Crippen molar-refractivity contribution in [3.8, 4) is 6.07 Å². The van der Waals surface area contributed by atoms with E-state index in [-0.39, 0.29) is 5.69 Å². The molecule has 0 aromatic carbocycles. The number of carboxylic acids is 2. The summed E-state index contributed by atoms with van der Waals surface area (Å²) in [6, 6.07) is 4.59. The summed E-state index contributed by atoms with van der Waals surface area (Å²) >= 11 is 0. The minimum atomic E-state index is -1.15. The van der Waals surface area contributed by atoms with Crippen LogP contribution < -0.4 is 4.90 Å². The van der Waals surface area contributed by atoms with Gasteiger partial charge in [0.05, 0.1) is 0 Å². The quantitative estimate of drug-likeness (QED) is 0.733. The fraction of sp³-hybridized carbons (Fsp3) is 0.200. The molecular formula is C10H9N3O4. The van der Waals surface area contributed by atoms with Gasteiger partial charge in [-0.05, 0) is 12.1 Å². The van der Waals surface area contributed by atoms with Gasteiger partial charge in [-0.3, -0.25) is 9.59 Å². The Morgan fingerprint density at radius 2 is 1.94 bits per heavy atom. The summed E-state index contributed by atoms with van der Waals surface area (Å²) in [5, 5.41) is 26.0. The van der Waals surface area contributed by atoms with Crippen molar-refractivity contribution >= 4 is 17.6 Å². The van der Waals surface area contributed by atoms with Crippen molar-refractivity contribution in [3.63, 3.8) is 0 Å². The van der Waals surface area contributed by atoms with Gasteiger partial charge >= 0.3 is 11.9 Å². The Labute approximate surface area is 96.5 Å². The van der Waals surface area contributed by atoms with E-state index in [1.807, 2.05) is 0 Å². The number of rotatable bonds is 5. The van der Waals surface area contributed by atoms with Crippen LogP contribution in [0.3, 0.4) is 0 Å². The Morgan fingerprint density at radius 1 is 1.35 bits per heavy atom. The van der Waals surface area contributed by atoms with Crippen molar-refractivity contribution in [2.75, 3.05) is 18.0 Å². The minimum Gasteiger partial charge on any atom is -0.480 e. The molecular weight excluding hydrogens is 226 g/mol. The molecule has 0 radical (unpaired) electrons. The van der Waals surface area contributed by atoms with Gasteiger partial charge in [-0.15, -0.1) is 0 Å². The zero-order valence-electron chi connectivity index (χ0n) is 8.70. The fourth-order valence-corrected chi connectivity index (χ4v) is 1.24. The van der Waals surface area contributed by atoms with Crippen LogP contribution in [-0.4, -0.2) is 40.2 Å². The number of pyridine rings is 1. The molecule has 0 aliphatic heterocycles. The van der Waals surface area contributed by atoms with E-state index < -0.39 is 25.0 Å². The average Bonchev–Trinajstić information content (AvgIpc) is 2.27. The molecule has 1 heterocycles. The van der Waals surface area contributed by atoms with E-state index in [0.29, 0.717) is 5.69 Å². The molecule has 0 aliphatic rings. The van der Waals surface area contributed by atoms with Crippen molar-refractivity contribution in [1.29, 1.82) is 5.26 Å². The number of carbonyl (C=O) groups is 2. The predicted molar refractivity (Wildman–Crippen MR) is 56.4 cm³/mol. The third-order valence-electron chi connectivity index (χ3n) is 1.88. The first-order chi connectivity index (χ1) is 8.02. The summed E-state index contributed by atoms with van der Waals surface area (Å²) in [7, 11) is 0. The van der Waals surface area contributed by atoms with Crippen LogP contribution in [0.1, 0.15) is 5.69 Å². The smallest absolute Gasteiger partial charge is 0.323 e. The topological polar surface area (TPSA) is 115 Å². The van der Waals surface area contributed by atoms with Crippen molar-refractivity contribution in [2.45, 2.75) is 0 Å². The number of hydrogen-bond acceptors (Lipinski definition) is 5. The number of aliphatic carboxylic acids is 2. The molecule has 0 spiro atoms. The summed E-state index contributed by atoms with van der Waals surface area (Å²) in [6.07, 6.45) is 1.32. The van der Waals surface area contributed by atoms with Crippen LogP contribution in [0.2, 0.25) is 0 Å². The number of aromatic nitrogens is 1. The molecule has 0 amide bonds. The molecule has 7 nitrogen and oxygen atoms in total. The predicted octanol–water partition coefficient (Wildman–Crippen LogP) is -0.0711. The Hall–Kier alpha value is -2.62. The van der Waals surface area contributed by atoms with Crippen LogP contribution in [0.5, 0.6) is 0 Å². The van der Waals surface area contributed by atoms with Crippen LogP contribution in [-0.2, 0) is 9.59 Å². The molecule has 2 N–H and O–H groups in total. The van der Waals surface area contributed by atoms with Gasteiger partial charge in [0.15, 0.2) is 0 Å². The van der Waals surface area contributed by atoms with E-state index in [1.165, 1.54) is 18.3 Å². The maximum atomic E-state index is 10.6. The Kier molecular flexibility index (Phi) is 4.00. The van der Waals surface area contributed by atoms with Gasteiger partial charge in [0, 0.05) is 11.9 Å². The monoisotopic (exact) mass is 235 g/mol. The second kappa shape index (κ2) is 5.46. The third-order valence-corrected chi connectivity index (χ3v) is 1.88. The van der Waals surface area contributed by atoms with Crippen LogP contribution in [0, 0.1) is 11.3 Å². The zero-order valence-corrected chi connectivity index (χ0v) is 8.70. The van der Waals surface area contributed by atoms with Gasteiger partial charge in [-0.25, -0.2) is 4.98 Å². The number of nitriles is 1. The first-order valence-electron chi connectivity index (χ1n) is 4.57. The third kappa shape index (κ3) is 3.79. The lowest BCUT2D eigenvalue weighted by molar-refractivity contribution is -0.136. The van der Waals surface area contributed by atoms with E-state index in [1.54, 1.807) is 6.07 Å². The average molecular weight is 235 g/mol. The highest BCUT2D eigenvalue weighted by molar-refractivity contribution is 5.79. The van der Waals surface area contributed by atoms with E-state index in [0.717, 1.165) is 4.90 Å². The van der Waals surface area contributed by atoms with Gasteiger partial charge in [-0.1, -0.05) is 0 Å². The Morgan fingerprint density at radius 3 is 2.41 bits per heavy atom. The Balaban J connectivity index is 2.99. The lowest BCUT2D eigenvalue weighted by Gasteiger charge is -2.20. The van der Waals surface area contributed by atoms with E-state index in [9.17, 15) is 9.59 Å². The van der Waals surface area contributed by atoms with Crippen molar-refractivity contribution in [3.05, 3.63) is 24.0 Å². The molecule has 17 heavy (non-hydrogen) atoms. The number of nitrogens with zero attached hydrogens (tertiary/aromatic N) is 3. The van der Waals surface area contributed by atoms with Crippen molar-refractivity contribution < 1.29 is 19.8 Å². The molecule has 0 atom stereocenters. The molecule has 0 aliphatic carbocycles. The molecule has 0 saturated heterocycles. The Bertz CT molecular complexity index is 465. The zero-order chi connectivity index (χ0) is 12.8. The van der Waals surface area contributed by atoms with Crippen LogP contribution >= 0.6 is 0 Å². The molecule has 0 unspecified atom stereocenters. The molecule has 88 valence electrons. The highest BCUT2D eigenvalue weighted by Crippen LogP contribution is 2.13. The summed E-state index contributed by atoms with van der Waals surface area (Å²) < 4.78 is 0. The molecule has 1 aromatic rings. The van der Waals surface area contributed by atoms with Gasteiger partial charge in [0.1, 0.15) is 24.9 Å². The lowest BCUT2D eigenvalue weighted by Crippen LogP contribution is -2.34. The van der Waals surface area contributed by atoms with Gasteiger partial charge in [0.2, 0.25) is 0 Å².